The third-order valence-electron chi connectivity index (χ3n) is 4.07. The van der Waals surface area contributed by atoms with Crippen molar-refractivity contribution < 1.29 is 4.79 Å². The van der Waals surface area contributed by atoms with Gasteiger partial charge < -0.3 is 4.90 Å². The van der Waals surface area contributed by atoms with Gasteiger partial charge in [0.05, 0.1) is 16.1 Å². The molecular weight excluding hydrogens is 302 g/mol. The molecule has 3 aliphatic rings. The summed E-state index contributed by atoms with van der Waals surface area (Å²) in [6, 6.07) is 4.37. The van der Waals surface area contributed by atoms with Gasteiger partial charge in [-0.3, -0.25) is 4.79 Å². The van der Waals surface area contributed by atoms with Gasteiger partial charge in [-0.2, -0.15) is 0 Å². The van der Waals surface area contributed by atoms with E-state index >= 15 is 0 Å². The predicted molar refractivity (Wildman–Crippen MR) is 70.6 cm³/mol. The number of rotatable bonds is 1. The van der Waals surface area contributed by atoms with Crippen LogP contribution in [-0.2, 0) is 10.2 Å². The lowest BCUT2D eigenvalue weighted by Crippen LogP contribution is -2.33. The Morgan fingerprint density at radius 3 is 2.65 bits per heavy atom. The highest BCUT2D eigenvalue weighted by molar-refractivity contribution is 9.10. The quantitative estimate of drug-likeness (QED) is 0.775. The zero-order valence-corrected chi connectivity index (χ0v) is 11.5. The maximum Gasteiger partial charge on any atom is 0.238 e. The Morgan fingerprint density at radius 1 is 1.35 bits per heavy atom. The van der Waals surface area contributed by atoms with Crippen LogP contribution < -0.4 is 4.90 Å². The van der Waals surface area contributed by atoms with Gasteiger partial charge in [0.1, 0.15) is 0 Å². The minimum absolute atomic E-state index is 0.217. The van der Waals surface area contributed by atoms with Crippen LogP contribution in [0.2, 0.25) is 5.02 Å². The molecule has 1 aliphatic heterocycles. The van der Waals surface area contributed by atoms with Gasteiger partial charge in [0.2, 0.25) is 5.91 Å². The molecule has 2 saturated carbocycles. The van der Waals surface area contributed by atoms with E-state index in [2.05, 4.69) is 22.0 Å². The second-order valence-electron chi connectivity index (χ2n) is 5.27. The van der Waals surface area contributed by atoms with E-state index in [1.165, 1.54) is 0 Å². The number of fused-ring (bicyclic) bond motifs is 2. The van der Waals surface area contributed by atoms with Gasteiger partial charge in [-0.25, -0.2) is 0 Å². The third kappa shape index (κ3) is 1.24. The smallest absolute Gasteiger partial charge is 0.238 e. The van der Waals surface area contributed by atoms with Crippen LogP contribution in [0.1, 0.15) is 31.2 Å². The average Bonchev–Trinajstić information content (AvgIpc) is 3.12. The molecule has 1 amide bonds. The number of halogens is 2. The Morgan fingerprint density at radius 2 is 2.06 bits per heavy atom. The Balaban J connectivity index is 1.98. The maximum absolute atomic E-state index is 12.5. The van der Waals surface area contributed by atoms with Gasteiger partial charge in [-0.15, -0.1) is 0 Å². The van der Waals surface area contributed by atoms with Crippen molar-refractivity contribution in [1.82, 2.24) is 0 Å². The molecule has 1 spiro atoms. The monoisotopic (exact) mass is 311 g/mol. The Kier molecular flexibility index (Phi) is 1.87. The summed E-state index contributed by atoms with van der Waals surface area (Å²) in [4.78, 5) is 14.5. The largest absolute Gasteiger partial charge is 0.307 e. The molecule has 2 fully saturated rings. The van der Waals surface area contributed by atoms with Crippen molar-refractivity contribution in [1.29, 1.82) is 0 Å². The van der Waals surface area contributed by atoms with Crippen molar-refractivity contribution in [2.24, 2.45) is 0 Å². The number of amides is 1. The van der Waals surface area contributed by atoms with Crippen molar-refractivity contribution in [3.8, 4) is 0 Å². The van der Waals surface area contributed by atoms with Gasteiger partial charge in [0.15, 0.2) is 0 Å². The fraction of sp³-hybridized carbons (Fsp3) is 0.462. The zero-order valence-electron chi connectivity index (χ0n) is 9.17. The Labute approximate surface area is 113 Å². The predicted octanol–water partition coefficient (Wildman–Crippen LogP) is 3.64. The number of hydrogen-bond donors (Lipinski definition) is 0. The molecule has 2 aliphatic carbocycles. The lowest BCUT2D eigenvalue weighted by Gasteiger charge is -2.18. The molecule has 17 heavy (non-hydrogen) atoms. The number of anilines is 1. The Bertz CT molecular complexity index is 549. The highest BCUT2D eigenvalue weighted by Crippen LogP contribution is 2.61. The highest BCUT2D eigenvalue weighted by Gasteiger charge is 2.61. The second kappa shape index (κ2) is 3.07. The summed E-state index contributed by atoms with van der Waals surface area (Å²) < 4.78 is 0.970. The van der Waals surface area contributed by atoms with E-state index in [0.29, 0.717) is 11.1 Å². The topological polar surface area (TPSA) is 20.3 Å². The lowest BCUT2D eigenvalue weighted by molar-refractivity contribution is -0.120. The second-order valence-corrected chi connectivity index (χ2v) is 6.60. The van der Waals surface area contributed by atoms with E-state index in [9.17, 15) is 4.79 Å². The average molecular weight is 313 g/mol. The summed E-state index contributed by atoms with van der Waals surface area (Å²) in [5.41, 5.74) is 1.92. The van der Waals surface area contributed by atoms with Crippen molar-refractivity contribution in [3.05, 3.63) is 27.2 Å². The van der Waals surface area contributed by atoms with Gasteiger partial charge >= 0.3 is 0 Å². The van der Waals surface area contributed by atoms with Crippen molar-refractivity contribution >= 4 is 39.1 Å². The van der Waals surface area contributed by atoms with Crippen molar-refractivity contribution in [3.63, 3.8) is 0 Å². The summed E-state index contributed by atoms with van der Waals surface area (Å²) in [7, 11) is 0. The molecule has 0 saturated heterocycles. The SMILES string of the molecule is O=C1N(C2CC2)c2c(Cl)cc(Br)cc2C12CC2. The number of benzene rings is 1. The van der Waals surface area contributed by atoms with Gasteiger partial charge in [0.25, 0.3) is 0 Å². The number of nitrogens with zero attached hydrogens (tertiary/aromatic N) is 1. The number of carbonyl (C=O) groups excluding carboxylic acids is 1. The molecule has 4 heteroatoms. The molecule has 0 radical (unpaired) electrons. The molecule has 0 atom stereocenters. The minimum Gasteiger partial charge on any atom is -0.307 e. The van der Waals surface area contributed by atoms with E-state index in [0.717, 1.165) is 41.4 Å². The van der Waals surface area contributed by atoms with Gasteiger partial charge in [-0.1, -0.05) is 27.5 Å². The molecule has 2 nitrogen and oxygen atoms in total. The molecule has 0 aromatic heterocycles. The summed E-state index contributed by atoms with van der Waals surface area (Å²) >= 11 is 9.81. The molecule has 0 bridgehead atoms. The first kappa shape index (κ1) is 10.4. The van der Waals surface area contributed by atoms with Gasteiger partial charge in [0, 0.05) is 10.5 Å². The molecule has 1 aromatic carbocycles. The van der Waals surface area contributed by atoms with Crippen LogP contribution in [0.25, 0.3) is 0 Å². The number of hydrogen-bond acceptors (Lipinski definition) is 1. The number of carbonyl (C=O) groups is 1. The molecule has 88 valence electrons. The summed E-state index contributed by atoms with van der Waals surface area (Å²) in [6.45, 7) is 0. The minimum atomic E-state index is -0.217. The van der Waals surface area contributed by atoms with Crippen LogP contribution >= 0.6 is 27.5 Å². The first-order chi connectivity index (χ1) is 8.13. The van der Waals surface area contributed by atoms with E-state index in [4.69, 9.17) is 11.6 Å². The summed E-state index contributed by atoms with van der Waals surface area (Å²) in [6.07, 6.45) is 4.20. The molecule has 0 N–H and O–H groups in total. The van der Waals surface area contributed by atoms with Crippen LogP contribution in [0, 0.1) is 0 Å². The van der Waals surface area contributed by atoms with Crippen LogP contribution in [0.5, 0.6) is 0 Å². The van der Waals surface area contributed by atoms with E-state index < -0.39 is 0 Å². The summed E-state index contributed by atoms with van der Waals surface area (Å²) in [5.74, 6) is 0.287. The molecule has 1 heterocycles. The first-order valence-corrected chi connectivity index (χ1v) is 7.14. The summed E-state index contributed by atoms with van der Waals surface area (Å²) in [5, 5.41) is 0.707. The molecule has 0 unspecified atom stereocenters. The molecule has 1 aromatic rings. The molecule has 4 rings (SSSR count). The van der Waals surface area contributed by atoms with Crippen molar-refractivity contribution in [2.45, 2.75) is 37.1 Å². The Hall–Kier alpha value is -0.540. The third-order valence-corrected chi connectivity index (χ3v) is 4.82. The van der Waals surface area contributed by atoms with Gasteiger partial charge in [-0.05, 0) is 43.4 Å². The normalized spacial score (nSPS) is 24.4. The standard InChI is InChI=1S/C13H11BrClNO/c14-7-5-9-11(10(15)6-7)16(8-1-2-8)12(17)13(9)3-4-13/h5-6,8H,1-4H2. The highest BCUT2D eigenvalue weighted by atomic mass is 79.9. The van der Waals surface area contributed by atoms with E-state index in [-0.39, 0.29) is 11.3 Å². The fourth-order valence-corrected chi connectivity index (χ4v) is 3.81. The first-order valence-electron chi connectivity index (χ1n) is 5.97. The van der Waals surface area contributed by atoms with Crippen LogP contribution in [0.3, 0.4) is 0 Å². The van der Waals surface area contributed by atoms with E-state index in [1.54, 1.807) is 0 Å². The lowest BCUT2D eigenvalue weighted by atomic mass is 9.98. The van der Waals surface area contributed by atoms with Crippen molar-refractivity contribution in [2.75, 3.05) is 4.90 Å². The fourth-order valence-electron chi connectivity index (χ4n) is 2.91. The maximum atomic E-state index is 12.5. The van der Waals surface area contributed by atoms with Crippen LogP contribution in [0.4, 0.5) is 5.69 Å². The van der Waals surface area contributed by atoms with E-state index in [1.807, 2.05) is 11.0 Å². The van der Waals surface area contributed by atoms with Crippen LogP contribution in [-0.4, -0.2) is 11.9 Å². The zero-order chi connectivity index (χ0) is 11.8. The van der Waals surface area contributed by atoms with Crippen LogP contribution in [0.15, 0.2) is 16.6 Å². The molecular formula is C13H11BrClNO.